The van der Waals surface area contributed by atoms with Crippen molar-refractivity contribution in [1.82, 2.24) is 20.2 Å². The fourth-order valence-corrected chi connectivity index (χ4v) is 2.74. The van der Waals surface area contributed by atoms with Gasteiger partial charge >= 0.3 is 0 Å². The van der Waals surface area contributed by atoms with E-state index in [-0.39, 0.29) is 24.4 Å². The molecule has 1 aromatic heterocycles. The molecule has 1 aliphatic rings. The Kier molecular flexibility index (Phi) is 5.98. The van der Waals surface area contributed by atoms with Gasteiger partial charge in [0, 0.05) is 12.1 Å². The van der Waals surface area contributed by atoms with E-state index >= 15 is 0 Å². The van der Waals surface area contributed by atoms with E-state index in [0.29, 0.717) is 10.9 Å². The number of aromatic nitrogens is 2. The first-order valence-electron chi connectivity index (χ1n) is 6.07. The minimum atomic E-state index is -0.0302. The molecule has 18 heavy (non-hydrogen) atoms. The Labute approximate surface area is 117 Å². The molecular weight excluding hydrogens is 272 g/mol. The van der Waals surface area contributed by atoms with E-state index in [1.165, 1.54) is 11.5 Å². The van der Waals surface area contributed by atoms with Crippen molar-refractivity contribution in [3.63, 3.8) is 0 Å². The highest BCUT2D eigenvalue weighted by atomic mass is 35.5. The summed E-state index contributed by atoms with van der Waals surface area (Å²) in [7, 11) is 0. The van der Waals surface area contributed by atoms with E-state index < -0.39 is 0 Å². The first kappa shape index (κ1) is 15.3. The molecule has 2 atom stereocenters. The lowest BCUT2D eigenvalue weighted by Crippen LogP contribution is -2.51. The highest BCUT2D eigenvalue weighted by molar-refractivity contribution is 7.08. The van der Waals surface area contributed by atoms with E-state index in [4.69, 9.17) is 0 Å². The number of nitrogens with one attached hydrogen (secondary N) is 2. The van der Waals surface area contributed by atoms with Gasteiger partial charge in [-0.3, -0.25) is 4.79 Å². The van der Waals surface area contributed by atoms with Crippen molar-refractivity contribution in [3.8, 4) is 0 Å². The molecule has 2 N–H and O–H groups in total. The Morgan fingerprint density at radius 3 is 3.06 bits per heavy atom. The van der Waals surface area contributed by atoms with E-state index in [1.54, 1.807) is 0 Å². The van der Waals surface area contributed by atoms with Gasteiger partial charge in [0.2, 0.25) is 0 Å². The molecule has 2 rings (SSSR count). The maximum Gasteiger partial charge on any atom is 0.265 e. The predicted octanol–water partition coefficient (Wildman–Crippen LogP) is 1.39. The van der Waals surface area contributed by atoms with Crippen LogP contribution >= 0.6 is 23.9 Å². The predicted molar refractivity (Wildman–Crippen MR) is 74.5 cm³/mol. The smallest absolute Gasteiger partial charge is 0.265 e. The van der Waals surface area contributed by atoms with Crippen LogP contribution < -0.4 is 10.6 Å². The minimum Gasteiger partial charge on any atom is -0.347 e. The third-order valence-electron chi connectivity index (χ3n) is 3.18. The molecule has 5 nitrogen and oxygen atoms in total. The van der Waals surface area contributed by atoms with Crippen LogP contribution in [0.25, 0.3) is 0 Å². The van der Waals surface area contributed by atoms with Gasteiger partial charge in [-0.1, -0.05) is 11.4 Å². The van der Waals surface area contributed by atoms with Crippen LogP contribution in [0.15, 0.2) is 0 Å². The monoisotopic (exact) mass is 290 g/mol. The summed E-state index contributed by atoms with van der Waals surface area (Å²) in [4.78, 5) is 12.7. The van der Waals surface area contributed by atoms with Crippen LogP contribution in [-0.2, 0) is 6.42 Å². The molecule has 102 valence electrons. The van der Waals surface area contributed by atoms with Gasteiger partial charge in [-0.2, -0.15) is 0 Å². The van der Waals surface area contributed by atoms with E-state index in [9.17, 15) is 4.79 Å². The lowest BCUT2D eigenvalue weighted by Gasteiger charge is -2.30. The molecule has 1 amide bonds. The van der Waals surface area contributed by atoms with E-state index in [2.05, 4.69) is 27.1 Å². The normalized spacial score (nSPS) is 23.2. The average Bonchev–Trinajstić information content (AvgIpc) is 2.80. The standard InChI is InChI=1S/C11H18N4OS.ClH/c1-3-8-10(17-15-14-8)11(16)13-9-5-4-6-12-7(9)2;/h7,9,12H,3-6H2,1-2H3,(H,13,16);1H. The molecule has 1 aromatic rings. The SMILES string of the molecule is CCc1nnsc1C(=O)NC1CCCNC1C.Cl. The molecule has 2 heterocycles. The number of carbonyl (C=O) groups excluding carboxylic acids is 1. The van der Waals surface area contributed by atoms with Crippen LogP contribution in [0.3, 0.4) is 0 Å². The van der Waals surface area contributed by atoms with Crippen LogP contribution in [0.1, 0.15) is 42.1 Å². The van der Waals surface area contributed by atoms with Crippen LogP contribution in [-0.4, -0.2) is 34.1 Å². The third kappa shape index (κ3) is 3.40. The quantitative estimate of drug-likeness (QED) is 0.883. The van der Waals surface area contributed by atoms with Crippen molar-refractivity contribution in [2.75, 3.05) is 6.54 Å². The number of rotatable bonds is 3. The number of hydrogen-bond donors (Lipinski definition) is 2. The Morgan fingerprint density at radius 1 is 1.61 bits per heavy atom. The molecule has 0 aromatic carbocycles. The molecule has 0 bridgehead atoms. The molecule has 0 aliphatic carbocycles. The van der Waals surface area contributed by atoms with E-state index in [1.807, 2.05) is 6.92 Å². The molecule has 0 radical (unpaired) electrons. The number of halogens is 1. The highest BCUT2D eigenvalue weighted by Gasteiger charge is 2.24. The summed E-state index contributed by atoms with van der Waals surface area (Å²) in [5.41, 5.74) is 0.795. The number of amides is 1. The summed E-state index contributed by atoms with van der Waals surface area (Å²) in [5, 5.41) is 10.4. The second-order valence-electron chi connectivity index (χ2n) is 4.37. The van der Waals surface area contributed by atoms with Crippen molar-refractivity contribution < 1.29 is 4.79 Å². The molecule has 1 aliphatic heterocycles. The van der Waals surface area contributed by atoms with Gasteiger partial charge in [0.05, 0.1) is 5.69 Å². The number of aryl methyl sites for hydroxylation is 1. The van der Waals surface area contributed by atoms with Gasteiger partial charge in [-0.15, -0.1) is 17.5 Å². The van der Waals surface area contributed by atoms with Crippen molar-refractivity contribution in [3.05, 3.63) is 10.6 Å². The summed E-state index contributed by atoms with van der Waals surface area (Å²) in [6.45, 7) is 5.13. The number of piperidine rings is 1. The first-order chi connectivity index (χ1) is 8.22. The van der Waals surface area contributed by atoms with Gasteiger partial charge in [-0.25, -0.2) is 0 Å². The minimum absolute atomic E-state index is 0. The molecule has 0 spiro atoms. The second-order valence-corrected chi connectivity index (χ2v) is 5.12. The number of carbonyl (C=O) groups is 1. The van der Waals surface area contributed by atoms with Crippen LogP contribution in [0.4, 0.5) is 0 Å². The van der Waals surface area contributed by atoms with Gasteiger partial charge in [0.15, 0.2) is 0 Å². The van der Waals surface area contributed by atoms with Gasteiger partial charge in [-0.05, 0) is 44.3 Å². The zero-order chi connectivity index (χ0) is 12.3. The summed E-state index contributed by atoms with van der Waals surface area (Å²) in [6.07, 6.45) is 2.89. The molecule has 1 saturated heterocycles. The summed E-state index contributed by atoms with van der Waals surface area (Å²) >= 11 is 1.18. The highest BCUT2D eigenvalue weighted by Crippen LogP contribution is 2.14. The largest absolute Gasteiger partial charge is 0.347 e. The maximum atomic E-state index is 12.1. The lowest BCUT2D eigenvalue weighted by atomic mass is 10.00. The molecule has 0 saturated carbocycles. The summed E-state index contributed by atoms with van der Waals surface area (Å²) < 4.78 is 3.84. The second kappa shape index (κ2) is 7.01. The van der Waals surface area contributed by atoms with Gasteiger partial charge in [0.25, 0.3) is 5.91 Å². The summed E-state index contributed by atoms with van der Waals surface area (Å²) in [5.74, 6) is -0.0302. The fourth-order valence-electron chi connectivity index (χ4n) is 2.09. The van der Waals surface area contributed by atoms with Crippen LogP contribution in [0.5, 0.6) is 0 Å². The van der Waals surface area contributed by atoms with Crippen LogP contribution in [0.2, 0.25) is 0 Å². The van der Waals surface area contributed by atoms with Crippen molar-refractivity contribution in [2.24, 2.45) is 0 Å². The Bertz CT molecular complexity index is 398. The zero-order valence-corrected chi connectivity index (χ0v) is 12.2. The molecular formula is C11H19ClN4OS. The van der Waals surface area contributed by atoms with Crippen LogP contribution in [0, 0.1) is 0 Å². The Balaban J connectivity index is 0.00000162. The number of nitrogens with zero attached hydrogens (tertiary/aromatic N) is 2. The topological polar surface area (TPSA) is 66.9 Å². The Hall–Kier alpha value is -0.720. The molecule has 1 fully saturated rings. The lowest BCUT2D eigenvalue weighted by molar-refractivity contribution is 0.0923. The molecule has 2 unspecified atom stereocenters. The maximum absolute atomic E-state index is 12.1. The van der Waals surface area contributed by atoms with Crippen molar-refractivity contribution in [2.45, 2.75) is 45.2 Å². The first-order valence-corrected chi connectivity index (χ1v) is 6.85. The van der Waals surface area contributed by atoms with Gasteiger partial charge < -0.3 is 10.6 Å². The van der Waals surface area contributed by atoms with E-state index in [0.717, 1.165) is 31.5 Å². The van der Waals surface area contributed by atoms with Gasteiger partial charge in [0.1, 0.15) is 4.88 Å². The average molecular weight is 291 g/mol. The summed E-state index contributed by atoms with van der Waals surface area (Å²) in [6, 6.07) is 0.543. The number of hydrogen-bond acceptors (Lipinski definition) is 5. The molecule has 7 heteroatoms. The van der Waals surface area contributed by atoms with Crippen molar-refractivity contribution in [1.29, 1.82) is 0 Å². The van der Waals surface area contributed by atoms with Crippen molar-refractivity contribution >= 4 is 29.8 Å². The Morgan fingerprint density at radius 2 is 2.39 bits per heavy atom. The zero-order valence-electron chi connectivity index (χ0n) is 10.6. The third-order valence-corrected chi connectivity index (χ3v) is 3.94. The fraction of sp³-hybridized carbons (Fsp3) is 0.727.